The lowest BCUT2D eigenvalue weighted by atomic mass is 9.99. The SMILES string of the molecule is O=C1c2cc(C=C(Cl)c3ccccc3)c([NH+]([O-])O)cc2[NH+]([O-])C1c1ccccc1. The van der Waals surface area contributed by atoms with Crippen molar-refractivity contribution < 1.29 is 20.3 Å². The van der Waals surface area contributed by atoms with Gasteiger partial charge in [-0.05, 0) is 17.7 Å². The molecule has 3 aromatic rings. The summed E-state index contributed by atoms with van der Waals surface area (Å²) in [6.07, 6.45) is 1.51. The Morgan fingerprint density at radius 3 is 2.31 bits per heavy atom. The number of Topliss-reactive ketones (excluding diaryl/α,β-unsaturated/α-hetero) is 1. The molecule has 3 atom stereocenters. The quantitative estimate of drug-likeness (QED) is 0.351. The van der Waals surface area contributed by atoms with Gasteiger partial charge in [-0.1, -0.05) is 72.3 Å². The second-order valence-corrected chi connectivity index (χ2v) is 7.13. The lowest BCUT2D eigenvalue weighted by Gasteiger charge is -2.24. The van der Waals surface area contributed by atoms with Gasteiger partial charge in [0.15, 0.2) is 11.7 Å². The molecule has 0 aliphatic carbocycles. The molecule has 0 saturated carbocycles. The number of hydrogen-bond acceptors (Lipinski definition) is 4. The Morgan fingerprint density at radius 1 is 1.07 bits per heavy atom. The van der Waals surface area contributed by atoms with Gasteiger partial charge in [-0.2, -0.15) is 5.23 Å². The Bertz CT molecular complexity index is 1080. The average molecular weight is 409 g/mol. The van der Waals surface area contributed by atoms with Crippen molar-refractivity contribution in [3.8, 4) is 0 Å². The molecule has 6 nitrogen and oxygen atoms in total. The number of nitrogens with one attached hydrogen (secondary N) is 2. The van der Waals surface area contributed by atoms with E-state index in [0.717, 1.165) is 5.56 Å². The number of fused-ring (bicyclic) bond motifs is 1. The minimum atomic E-state index is -1.19. The Kier molecular flexibility index (Phi) is 5.29. The van der Waals surface area contributed by atoms with E-state index in [-0.39, 0.29) is 33.3 Å². The average Bonchev–Trinajstić information content (AvgIpc) is 2.98. The molecule has 0 fully saturated rings. The zero-order chi connectivity index (χ0) is 20.5. The van der Waals surface area contributed by atoms with Gasteiger partial charge in [-0.3, -0.25) is 4.79 Å². The minimum Gasteiger partial charge on any atom is -0.628 e. The third kappa shape index (κ3) is 3.61. The van der Waals surface area contributed by atoms with Crippen molar-refractivity contribution in [1.82, 2.24) is 0 Å². The molecule has 0 radical (unpaired) electrons. The number of carbonyl (C=O) groups is 1. The van der Waals surface area contributed by atoms with E-state index in [1.165, 1.54) is 18.2 Å². The Labute approximate surface area is 172 Å². The highest BCUT2D eigenvalue weighted by Crippen LogP contribution is 2.33. The normalized spacial score (nSPS) is 19.9. The molecule has 146 valence electrons. The van der Waals surface area contributed by atoms with Gasteiger partial charge in [-0.15, -0.1) is 0 Å². The summed E-state index contributed by atoms with van der Waals surface area (Å²) in [5.41, 5.74) is 1.87. The first-order valence-corrected chi connectivity index (χ1v) is 9.32. The van der Waals surface area contributed by atoms with Gasteiger partial charge in [0.25, 0.3) is 0 Å². The monoisotopic (exact) mass is 408 g/mol. The summed E-state index contributed by atoms with van der Waals surface area (Å²) >= 11 is 6.37. The molecule has 3 aromatic carbocycles. The molecule has 4 rings (SSSR count). The van der Waals surface area contributed by atoms with Gasteiger partial charge in [0.1, 0.15) is 5.69 Å². The van der Waals surface area contributed by atoms with Crippen molar-refractivity contribution in [1.29, 1.82) is 0 Å². The van der Waals surface area contributed by atoms with Crippen LogP contribution in [0.25, 0.3) is 11.1 Å². The van der Waals surface area contributed by atoms with Crippen LogP contribution in [0.2, 0.25) is 0 Å². The van der Waals surface area contributed by atoms with Crippen LogP contribution in [0.5, 0.6) is 0 Å². The highest BCUT2D eigenvalue weighted by molar-refractivity contribution is 6.51. The molecule has 3 N–H and O–H groups in total. The van der Waals surface area contributed by atoms with E-state index >= 15 is 0 Å². The number of hydroxylamine groups is 1. The van der Waals surface area contributed by atoms with Crippen LogP contribution in [-0.2, 0) is 0 Å². The van der Waals surface area contributed by atoms with Gasteiger partial charge in [0, 0.05) is 16.2 Å². The zero-order valence-corrected chi connectivity index (χ0v) is 15.9. The minimum absolute atomic E-state index is 0.0762. The predicted octanol–water partition coefficient (Wildman–Crippen LogP) is 2.78. The number of carbonyl (C=O) groups excluding carboxylic acids is 1. The molecule has 1 aliphatic heterocycles. The maximum atomic E-state index is 13.0. The fourth-order valence-corrected chi connectivity index (χ4v) is 3.77. The Balaban J connectivity index is 1.81. The van der Waals surface area contributed by atoms with Crippen LogP contribution >= 0.6 is 11.6 Å². The summed E-state index contributed by atoms with van der Waals surface area (Å²) in [6.45, 7) is 0. The molecule has 29 heavy (non-hydrogen) atoms. The Hall–Kier alpha value is -2.84. The molecule has 7 heteroatoms. The lowest BCUT2D eigenvalue weighted by Crippen LogP contribution is -3.02. The highest BCUT2D eigenvalue weighted by atomic mass is 35.5. The molecule has 0 spiro atoms. The number of halogens is 1. The second kappa shape index (κ2) is 7.88. The topological polar surface area (TPSA) is 92.3 Å². The van der Waals surface area contributed by atoms with E-state index < -0.39 is 11.3 Å². The zero-order valence-electron chi connectivity index (χ0n) is 15.1. The van der Waals surface area contributed by atoms with Gasteiger partial charge < -0.3 is 15.5 Å². The van der Waals surface area contributed by atoms with Crippen molar-refractivity contribution in [2.24, 2.45) is 0 Å². The first-order valence-electron chi connectivity index (χ1n) is 8.94. The molecule has 0 bridgehead atoms. The van der Waals surface area contributed by atoms with Crippen LogP contribution in [0.3, 0.4) is 0 Å². The van der Waals surface area contributed by atoms with Gasteiger partial charge in [-0.25, -0.2) is 5.21 Å². The number of quaternary nitrogens is 2. The molecular weight excluding hydrogens is 392 g/mol. The molecular formula is C22H17ClN2O4. The molecule has 1 heterocycles. The summed E-state index contributed by atoms with van der Waals surface area (Å²) in [5, 5.41) is 33.1. The third-order valence-corrected chi connectivity index (χ3v) is 5.27. The van der Waals surface area contributed by atoms with E-state index in [0.29, 0.717) is 10.6 Å². The van der Waals surface area contributed by atoms with Crippen molar-refractivity contribution in [2.75, 3.05) is 0 Å². The maximum absolute atomic E-state index is 13.0. The smallest absolute Gasteiger partial charge is 0.231 e. The van der Waals surface area contributed by atoms with Crippen LogP contribution in [0.15, 0.2) is 72.8 Å². The van der Waals surface area contributed by atoms with Gasteiger partial charge in [0.05, 0.1) is 11.6 Å². The van der Waals surface area contributed by atoms with Crippen molar-refractivity contribution in [3.05, 3.63) is 105 Å². The maximum Gasteiger partial charge on any atom is 0.231 e. The number of ketones is 1. The number of rotatable bonds is 4. The van der Waals surface area contributed by atoms with E-state index in [9.17, 15) is 20.4 Å². The molecule has 0 amide bonds. The molecule has 1 aliphatic rings. The summed E-state index contributed by atoms with van der Waals surface area (Å²) in [5.74, 6) is -0.335. The Morgan fingerprint density at radius 2 is 1.69 bits per heavy atom. The fraction of sp³-hybridized carbons (Fsp3) is 0.0455. The summed E-state index contributed by atoms with van der Waals surface area (Å²) in [7, 11) is 0. The van der Waals surface area contributed by atoms with E-state index in [4.69, 9.17) is 11.6 Å². The van der Waals surface area contributed by atoms with Gasteiger partial charge >= 0.3 is 0 Å². The van der Waals surface area contributed by atoms with Crippen LogP contribution in [0.4, 0.5) is 11.4 Å². The van der Waals surface area contributed by atoms with Crippen molar-refractivity contribution >= 4 is 39.9 Å². The highest BCUT2D eigenvalue weighted by Gasteiger charge is 2.40. The van der Waals surface area contributed by atoms with Crippen LogP contribution in [-0.4, -0.2) is 11.0 Å². The van der Waals surface area contributed by atoms with Gasteiger partial charge in [0.2, 0.25) is 5.78 Å². The summed E-state index contributed by atoms with van der Waals surface area (Å²) in [4.78, 5) is 13.0. The van der Waals surface area contributed by atoms with Crippen LogP contribution < -0.4 is 10.3 Å². The standard InChI is InChI=1S/C22H17ClN2O4/c23-18(14-7-3-1-4-8-14)12-16-11-17-20(13-19(16)25(28)29)24(27)21(22(17)26)15-9-5-2-6-10-15/h1-13,21,24-25,28H. The second-order valence-electron chi connectivity index (χ2n) is 6.72. The van der Waals surface area contributed by atoms with E-state index in [1.807, 2.05) is 18.2 Å². The number of benzene rings is 3. The van der Waals surface area contributed by atoms with Crippen molar-refractivity contribution in [2.45, 2.75) is 6.04 Å². The largest absolute Gasteiger partial charge is 0.628 e. The lowest BCUT2D eigenvalue weighted by molar-refractivity contribution is -0.991. The van der Waals surface area contributed by atoms with E-state index in [1.54, 1.807) is 42.5 Å². The van der Waals surface area contributed by atoms with Crippen molar-refractivity contribution in [3.63, 3.8) is 0 Å². The van der Waals surface area contributed by atoms with E-state index in [2.05, 4.69) is 0 Å². The first kappa shape index (κ1) is 19.5. The molecule has 3 unspecified atom stereocenters. The predicted molar refractivity (Wildman–Crippen MR) is 110 cm³/mol. The molecule has 0 aromatic heterocycles. The number of hydrogen-bond donors (Lipinski definition) is 3. The van der Waals surface area contributed by atoms with Crippen LogP contribution in [0.1, 0.15) is 33.1 Å². The third-order valence-electron chi connectivity index (χ3n) is 4.94. The summed E-state index contributed by atoms with van der Waals surface area (Å²) < 4.78 is 0. The fourth-order valence-electron chi connectivity index (χ4n) is 3.52. The molecule has 0 saturated heterocycles. The summed E-state index contributed by atoms with van der Waals surface area (Å²) in [6, 6.07) is 19.6. The first-order chi connectivity index (χ1) is 14.0. The van der Waals surface area contributed by atoms with Crippen LogP contribution in [0, 0.1) is 10.4 Å².